The molecule has 0 aromatic heterocycles. The molecule has 9 nitrogen and oxygen atoms in total. The predicted molar refractivity (Wildman–Crippen MR) is 193 cm³/mol. The van der Waals surface area contributed by atoms with Crippen molar-refractivity contribution in [2.45, 2.75) is 83.0 Å². The maximum Gasteiger partial charge on any atom is 0.264 e. The van der Waals surface area contributed by atoms with Crippen LogP contribution in [0.4, 0.5) is 5.69 Å². The normalized spacial score (nSPS) is 35.5. The highest BCUT2D eigenvalue weighted by atomic mass is 35.5. The second-order valence-corrected chi connectivity index (χ2v) is 17.7. The molecule has 7 atom stereocenters. The van der Waals surface area contributed by atoms with Crippen LogP contribution in [0.1, 0.15) is 82.5 Å². The van der Waals surface area contributed by atoms with E-state index < -0.39 is 26.8 Å². The zero-order valence-corrected chi connectivity index (χ0v) is 30.9. The number of nitrogens with zero attached hydrogens (tertiary/aromatic N) is 2. The maximum atomic E-state index is 13.6. The first-order valence-corrected chi connectivity index (χ1v) is 19.9. The van der Waals surface area contributed by atoms with Crippen molar-refractivity contribution in [2.24, 2.45) is 29.1 Å². The molecular formula is C38H52ClN3O6S. The van der Waals surface area contributed by atoms with Crippen molar-refractivity contribution < 1.29 is 27.5 Å². The quantitative estimate of drug-likeness (QED) is 0.359. The molecule has 1 aromatic rings. The predicted octanol–water partition coefficient (Wildman–Crippen LogP) is 6.45. The van der Waals surface area contributed by atoms with Gasteiger partial charge in [0.25, 0.3) is 5.91 Å². The third kappa shape index (κ3) is 7.47. The Morgan fingerprint density at radius 2 is 1.90 bits per heavy atom. The van der Waals surface area contributed by atoms with Crippen LogP contribution in [0.25, 0.3) is 0 Å². The van der Waals surface area contributed by atoms with Gasteiger partial charge in [-0.2, -0.15) is 0 Å². The fourth-order valence-corrected chi connectivity index (χ4v) is 9.63. The Morgan fingerprint density at radius 3 is 2.59 bits per heavy atom. The van der Waals surface area contributed by atoms with Crippen molar-refractivity contribution in [1.82, 2.24) is 9.62 Å². The van der Waals surface area contributed by atoms with Crippen LogP contribution in [-0.2, 0) is 19.6 Å². The Balaban J connectivity index is 1.40. The number of carbonyl (C=O) groups is 2. The standard InChI is InChI=1S/C38H52ClN3O6S/c1-26-9-7-16-38(47-4,23-35(43)41-19-8-20-41)32-13-11-29(32)24-42-18-6-5-10-30-22-31(39)15-17-37(30,3)25-48-34-14-12-28(21-33(34)42)36(44)40-49(45,46)27(26)2/h7,12,14-17,21-22,26-27,29-30,32H,5-6,8-11,13,18-20,23-25H2,1-4H3,(H,40,44)/b16-7+/t26-,27+,29-,30?,32+,37?,38+/m0/s1. The Kier molecular flexibility index (Phi) is 10.6. The van der Waals surface area contributed by atoms with E-state index in [1.165, 1.54) is 0 Å². The third-order valence-corrected chi connectivity index (χ3v) is 14.2. The summed E-state index contributed by atoms with van der Waals surface area (Å²) in [7, 11) is -2.29. The molecule has 0 spiro atoms. The first-order valence-electron chi connectivity index (χ1n) is 18.0. The molecule has 1 saturated heterocycles. The van der Waals surface area contributed by atoms with Gasteiger partial charge in [0.2, 0.25) is 15.9 Å². The fourth-order valence-electron chi connectivity index (χ4n) is 8.13. The number of amides is 2. The van der Waals surface area contributed by atoms with Crippen molar-refractivity contribution in [1.29, 1.82) is 0 Å². The Bertz CT molecular complexity index is 1620. The molecule has 49 heavy (non-hydrogen) atoms. The number of anilines is 1. The third-order valence-electron chi connectivity index (χ3n) is 12.1. The average molecular weight is 714 g/mol. The van der Waals surface area contributed by atoms with Crippen molar-refractivity contribution in [3.8, 4) is 5.75 Å². The van der Waals surface area contributed by atoms with Crippen molar-refractivity contribution >= 4 is 39.1 Å². The first-order chi connectivity index (χ1) is 23.3. The van der Waals surface area contributed by atoms with Crippen LogP contribution in [0.15, 0.2) is 53.6 Å². The van der Waals surface area contributed by atoms with Gasteiger partial charge in [0.1, 0.15) is 5.75 Å². The van der Waals surface area contributed by atoms with Crippen LogP contribution in [0.2, 0.25) is 0 Å². The van der Waals surface area contributed by atoms with E-state index in [1.54, 1.807) is 32.2 Å². The molecule has 5 aliphatic rings. The summed E-state index contributed by atoms with van der Waals surface area (Å²) in [4.78, 5) is 31.3. The highest BCUT2D eigenvalue weighted by Crippen LogP contribution is 2.48. The van der Waals surface area contributed by atoms with Crippen LogP contribution in [0.5, 0.6) is 5.75 Å². The molecule has 2 fully saturated rings. The Hall–Kier alpha value is -2.82. The number of benzene rings is 1. The van der Waals surface area contributed by atoms with E-state index in [2.05, 4.69) is 28.7 Å². The van der Waals surface area contributed by atoms with Gasteiger partial charge in [0.15, 0.2) is 0 Å². The van der Waals surface area contributed by atoms with Gasteiger partial charge in [0, 0.05) is 49.3 Å². The van der Waals surface area contributed by atoms with Crippen molar-refractivity contribution in [2.75, 3.05) is 44.8 Å². The molecule has 11 heteroatoms. The number of hydrogen-bond donors (Lipinski definition) is 1. The van der Waals surface area contributed by atoms with Gasteiger partial charge < -0.3 is 19.3 Å². The Morgan fingerprint density at radius 1 is 1.10 bits per heavy atom. The molecule has 2 unspecified atom stereocenters. The number of allylic oxidation sites excluding steroid dienone is 4. The summed E-state index contributed by atoms with van der Waals surface area (Å²) in [6.45, 7) is 9.11. The molecule has 3 heterocycles. The van der Waals surface area contributed by atoms with Gasteiger partial charge in [-0.15, -0.1) is 0 Å². The number of likely N-dealkylation sites (tertiary alicyclic amines) is 1. The number of ether oxygens (including phenoxy) is 2. The van der Waals surface area contributed by atoms with Gasteiger partial charge >= 0.3 is 0 Å². The molecule has 1 aromatic carbocycles. The van der Waals surface area contributed by atoms with Crippen LogP contribution in [0.3, 0.4) is 0 Å². The minimum absolute atomic E-state index is 0.0941. The minimum atomic E-state index is -3.99. The second kappa shape index (κ2) is 14.4. The molecular weight excluding hydrogens is 662 g/mol. The van der Waals surface area contributed by atoms with E-state index in [4.69, 9.17) is 21.1 Å². The van der Waals surface area contributed by atoms with Crippen LogP contribution in [-0.4, -0.2) is 75.9 Å². The minimum Gasteiger partial charge on any atom is -0.490 e. The lowest BCUT2D eigenvalue weighted by molar-refractivity contribution is -0.146. The Labute approximate surface area is 297 Å². The SMILES string of the molecule is CO[C@@]1(CC(=O)N2CCC2)/C=C/C[C@H](C)[C@@H](C)S(=O)(=O)NC(=O)c2ccc3c(c2)N(CCCCC2C=C(Cl)C=CC2(C)CO3)C[C@@H]2CC[C@H]21. The van der Waals surface area contributed by atoms with Crippen LogP contribution >= 0.6 is 11.6 Å². The average Bonchev–Trinajstić information content (AvgIpc) is 3.04. The summed E-state index contributed by atoms with van der Waals surface area (Å²) in [6, 6.07) is 5.24. The summed E-state index contributed by atoms with van der Waals surface area (Å²) in [5.41, 5.74) is -0.0247. The zero-order chi connectivity index (χ0) is 35.0. The van der Waals surface area contributed by atoms with Gasteiger partial charge in [-0.1, -0.05) is 56.2 Å². The van der Waals surface area contributed by atoms with Crippen molar-refractivity contribution in [3.05, 3.63) is 59.2 Å². The molecule has 2 bridgehead atoms. The number of fused-ring (bicyclic) bond motifs is 3. The first kappa shape index (κ1) is 36.0. The summed E-state index contributed by atoms with van der Waals surface area (Å²) in [5, 5.41) is -0.0814. The lowest BCUT2D eigenvalue weighted by Gasteiger charge is -2.50. The van der Waals surface area contributed by atoms with E-state index in [-0.39, 0.29) is 47.0 Å². The molecule has 0 radical (unpaired) electrons. The molecule has 2 amide bonds. The van der Waals surface area contributed by atoms with Gasteiger partial charge in [0.05, 0.1) is 29.6 Å². The number of hydrogen-bond acceptors (Lipinski definition) is 7. The molecule has 268 valence electrons. The molecule has 1 saturated carbocycles. The van der Waals surface area contributed by atoms with Crippen LogP contribution < -0.4 is 14.4 Å². The summed E-state index contributed by atoms with van der Waals surface area (Å²) >= 11 is 6.46. The lowest BCUT2D eigenvalue weighted by atomic mass is 9.63. The number of methoxy groups -OCH3 is 1. The summed E-state index contributed by atoms with van der Waals surface area (Å²) < 4.78 is 42.3. The molecule has 6 rings (SSSR count). The van der Waals surface area contributed by atoms with Gasteiger partial charge in [-0.3, -0.25) is 9.59 Å². The molecule has 1 N–H and O–H groups in total. The fraction of sp³-hybridized carbons (Fsp3) is 0.632. The van der Waals surface area contributed by atoms with Gasteiger partial charge in [-0.05, 0) is 93.4 Å². The van der Waals surface area contributed by atoms with Crippen molar-refractivity contribution in [3.63, 3.8) is 0 Å². The maximum absolute atomic E-state index is 13.6. The monoisotopic (exact) mass is 713 g/mol. The number of rotatable bonds is 3. The smallest absolute Gasteiger partial charge is 0.264 e. The lowest BCUT2D eigenvalue weighted by Crippen LogP contribution is -2.54. The topological polar surface area (TPSA) is 105 Å². The second-order valence-electron chi connectivity index (χ2n) is 15.2. The summed E-state index contributed by atoms with van der Waals surface area (Å²) in [6.07, 6.45) is 16.8. The van der Waals surface area contributed by atoms with E-state index in [0.717, 1.165) is 68.9 Å². The number of sulfonamides is 1. The molecule has 3 aliphatic heterocycles. The van der Waals surface area contributed by atoms with Crippen LogP contribution in [0, 0.1) is 29.1 Å². The van der Waals surface area contributed by atoms with E-state index in [9.17, 15) is 18.0 Å². The number of nitrogens with one attached hydrogen (secondary N) is 1. The highest BCUT2D eigenvalue weighted by Gasteiger charge is 2.49. The number of carbonyl (C=O) groups excluding carboxylic acids is 2. The van der Waals surface area contributed by atoms with E-state index >= 15 is 0 Å². The number of halogens is 1. The summed E-state index contributed by atoms with van der Waals surface area (Å²) in [5.74, 6) is 0.373. The highest BCUT2D eigenvalue weighted by molar-refractivity contribution is 7.90. The van der Waals surface area contributed by atoms with E-state index in [1.807, 2.05) is 30.1 Å². The largest absolute Gasteiger partial charge is 0.490 e. The zero-order valence-electron chi connectivity index (χ0n) is 29.3. The van der Waals surface area contributed by atoms with Gasteiger partial charge in [-0.25, -0.2) is 13.1 Å². The molecule has 2 aliphatic carbocycles. The van der Waals surface area contributed by atoms with E-state index in [0.29, 0.717) is 25.3 Å².